The number of benzene rings is 2. The molecule has 2 aromatic rings. The maximum Gasteiger partial charge on any atom is 0.335 e. The molecule has 1 aliphatic heterocycles. The molecule has 0 saturated carbocycles. The van der Waals surface area contributed by atoms with E-state index in [1.807, 2.05) is 36.4 Å². The molecule has 3 N–H and O–H groups in total. The first-order valence-corrected chi connectivity index (χ1v) is 8.41. The van der Waals surface area contributed by atoms with Gasteiger partial charge in [-0.15, -0.1) is 0 Å². The molecule has 0 atom stereocenters. The van der Waals surface area contributed by atoms with Gasteiger partial charge in [0.05, 0.1) is 11.0 Å². The second-order valence-electron chi connectivity index (χ2n) is 6.59. The number of rotatable bonds is 5. The van der Waals surface area contributed by atoms with Crippen LogP contribution < -0.4 is 5.73 Å². The normalized spacial score (nSPS) is 17.1. The lowest BCUT2D eigenvalue weighted by Crippen LogP contribution is -2.49. The summed E-state index contributed by atoms with van der Waals surface area (Å²) >= 11 is 0. The van der Waals surface area contributed by atoms with Crippen molar-refractivity contribution in [1.82, 2.24) is 4.90 Å². The average molecular weight is 338 g/mol. The number of primary amides is 1. The van der Waals surface area contributed by atoms with E-state index in [0.717, 1.165) is 24.2 Å². The molecule has 1 fully saturated rings. The van der Waals surface area contributed by atoms with Gasteiger partial charge in [-0.05, 0) is 49.2 Å². The van der Waals surface area contributed by atoms with Crippen LogP contribution in [0.1, 0.15) is 34.3 Å². The predicted octanol–water partition coefficient (Wildman–Crippen LogP) is 2.40. The molecule has 0 unspecified atom stereocenters. The molecule has 1 heterocycles. The number of nitrogens with two attached hydrogens (primary N) is 1. The Morgan fingerprint density at radius 3 is 2.32 bits per heavy atom. The van der Waals surface area contributed by atoms with Crippen LogP contribution in [-0.2, 0) is 16.8 Å². The number of carboxylic acids is 1. The van der Waals surface area contributed by atoms with Crippen molar-refractivity contribution in [2.24, 2.45) is 5.73 Å². The van der Waals surface area contributed by atoms with Gasteiger partial charge in [-0.3, -0.25) is 9.69 Å². The number of carboxylic acid groups (broad SMARTS) is 1. The first kappa shape index (κ1) is 17.2. The van der Waals surface area contributed by atoms with E-state index < -0.39 is 11.4 Å². The van der Waals surface area contributed by atoms with Gasteiger partial charge in [0.1, 0.15) is 0 Å². The SMILES string of the molecule is NC(=O)C1(c2ccccc2)CCN(Cc2cccc(C(=O)O)c2)CC1. The third-order valence-corrected chi connectivity index (χ3v) is 5.09. The van der Waals surface area contributed by atoms with E-state index in [1.54, 1.807) is 18.2 Å². The Hall–Kier alpha value is -2.66. The maximum absolute atomic E-state index is 12.2. The largest absolute Gasteiger partial charge is 0.478 e. The van der Waals surface area contributed by atoms with Crippen molar-refractivity contribution >= 4 is 11.9 Å². The fourth-order valence-electron chi connectivity index (χ4n) is 3.59. The fraction of sp³-hybridized carbons (Fsp3) is 0.300. The Morgan fingerprint density at radius 2 is 1.72 bits per heavy atom. The maximum atomic E-state index is 12.2. The van der Waals surface area contributed by atoms with Crippen LogP contribution in [0.5, 0.6) is 0 Å². The minimum absolute atomic E-state index is 0.272. The van der Waals surface area contributed by atoms with E-state index in [-0.39, 0.29) is 5.91 Å². The van der Waals surface area contributed by atoms with Crippen LogP contribution in [0, 0.1) is 0 Å². The summed E-state index contributed by atoms with van der Waals surface area (Å²) < 4.78 is 0. The number of amides is 1. The minimum atomic E-state index is -0.919. The van der Waals surface area contributed by atoms with Gasteiger partial charge < -0.3 is 10.8 Å². The molecule has 5 nitrogen and oxygen atoms in total. The van der Waals surface area contributed by atoms with Crippen LogP contribution in [0.2, 0.25) is 0 Å². The molecule has 0 bridgehead atoms. The van der Waals surface area contributed by atoms with E-state index >= 15 is 0 Å². The molecular weight excluding hydrogens is 316 g/mol. The molecule has 0 aliphatic carbocycles. The lowest BCUT2D eigenvalue weighted by atomic mass is 9.72. The van der Waals surface area contributed by atoms with Gasteiger partial charge in [0, 0.05) is 6.54 Å². The summed E-state index contributed by atoms with van der Waals surface area (Å²) in [5.41, 5.74) is 7.39. The molecular formula is C20H22N2O3. The summed E-state index contributed by atoms with van der Waals surface area (Å²) in [5.74, 6) is -1.19. The van der Waals surface area contributed by atoms with Crippen LogP contribution in [0.15, 0.2) is 54.6 Å². The van der Waals surface area contributed by atoms with Gasteiger partial charge >= 0.3 is 5.97 Å². The van der Waals surface area contributed by atoms with E-state index in [1.165, 1.54) is 0 Å². The zero-order valence-corrected chi connectivity index (χ0v) is 14.0. The second-order valence-corrected chi connectivity index (χ2v) is 6.59. The van der Waals surface area contributed by atoms with Crippen molar-refractivity contribution in [1.29, 1.82) is 0 Å². The van der Waals surface area contributed by atoms with Gasteiger partial charge in [-0.2, -0.15) is 0 Å². The summed E-state index contributed by atoms with van der Waals surface area (Å²) in [6, 6.07) is 16.7. The first-order chi connectivity index (χ1) is 12.0. The monoisotopic (exact) mass is 338 g/mol. The number of hydrogen-bond donors (Lipinski definition) is 2. The van der Waals surface area contributed by atoms with Crippen molar-refractivity contribution in [2.45, 2.75) is 24.8 Å². The molecule has 0 spiro atoms. The molecule has 130 valence electrons. The molecule has 1 saturated heterocycles. The quantitative estimate of drug-likeness (QED) is 0.877. The highest BCUT2D eigenvalue weighted by Crippen LogP contribution is 2.35. The number of carbonyl (C=O) groups excluding carboxylic acids is 1. The number of aromatic carboxylic acids is 1. The fourth-order valence-corrected chi connectivity index (χ4v) is 3.59. The Balaban J connectivity index is 1.71. The predicted molar refractivity (Wildman–Crippen MR) is 95.2 cm³/mol. The molecule has 0 radical (unpaired) electrons. The zero-order valence-electron chi connectivity index (χ0n) is 14.0. The van der Waals surface area contributed by atoms with Crippen LogP contribution in [-0.4, -0.2) is 35.0 Å². The molecule has 3 rings (SSSR count). The average Bonchev–Trinajstić information content (AvgIpc) is 2.63. The Bertz CT molecular complexity index is 766. The van der Waals surface area contributed by atoms with Crippen molar-refractivity contribution in [2.75, 3.05) is 13.1 Å². The number of piperidine rings is 1. The topological polar surface area (TPSA) is 83.6 Å². The van der Waals surface area contributed by atoms with E-state index in [2.05, 4.69) is 4.90 Å². The van der Waals surface area contributed by atoms with Crippen LogP contribution >= 0.6 is 0 Å². The molecule has 2 aromatic carbocycles. The van der Waals surface area contributed by atoms with E-state index in [0.29, 0.717) is 24.9 Å². The smallest absolute Gasteiger partial charge is 0.335 e. The standard InChI is InChI=1S/C20H22N2O3/c21-19(25)20(17-7-2-1-3-8-17)9-11-22(12-10-20)14-15-5-4-6-16(13-15)18(23)24/h1-8,13H,9-12,14H2,(H2,21,25)(H,23,24). The second kappa shape index (κ2) is 7.07. The zero-order chi connectivity index (χ0) is 17.9. The summed E-state index contributed by atoms with van der Waals surface area (Å²) in [6.07, 6.45) is 1.34. The van der Waals surface area contributed by atoms with Gasteiger partial charge in [0.2, 0.25) is 5.91 Å². The molecule has 0 aromatic heterocycles. The minimum Gasteiger partial charge on any atom is -0.478 e. The van der Waals surface area contributed by atoms with Crippen molar-refractivity contribution in [3.8, 4) is 0 Å². The van der Waals surface area contributed by atoms with Gasteiger partial charge in [-0.1, -0.05) is 42.5 Å². The molecule has 1 amide bonds. The van der Waals surface area contributed by atoms with Crippen molar-refractivity contribution in [3.63, 3.8) is 0 Å². The number of carbonyl (C=O) groups is 2. The molecule has 1 aliphatic rings. The summed E-state index contributed by atoms with van der Waals surface area (Å²) in [7, 11) is 0. The summed E-state index contributed by atoms with van der Waals surface area (Å²) in [6.45, 7) is 2.16. The number of nitrogens with zero attached hydrogens (tertiary/aromatic N) is 1. The summed E-state index contributed by atoms with van der Waals surface area (Å²) in [4.78, 5) is 25.5. The lowest BCUT2D eigenvalue weighted by molar-refractivity contribution is -0.125. The van der Waals surface area contributed by atoms with Crippen molar-refractivity contribution in [3.05, 3.63) is 71.3 Å². The Kier molecular flexibility index (Phi) is 4.86. The Morgan fingerprint density at radius 1 is 1.04 bits per heavy atom. The highest BCUT2D eigenvalue weighted by Gasteiger charge is 2.41. The van der Waals surface area contributed by atoms with E-state index in [4.69, 9.17) is 10.8 Å². The lowest BCUT2D eigenvalue weighted by Gasteiger charge is -2.40. The first-order valence-electron chi connectivity index (χ1n) is 8.41. The highest BCUT2D eigenvalue weighted by atomic mass is 16.4. The Labute approximate surface area is 147 Å². The highest BCUT2D eigenvalue weighted by molar-refractivity contribution is 5.88. The van der Waals surface area contributed by atoms with Gasteiger partial charge in [0.25, 0.3) is 0 Å². The third-order valence-electron chi connectivity index (χ3n) is 5.09. The molecule has 5 heteroatoms. The molecule has 25 heavy (non-hydrogen) atoms. The van der Waals surface area contributed by atoms with Crippen molar-refractivity contribution < 1.29 is 14.7 Å². The van der Waals surface area contributed by atoms with E-state index in [9.17, 15) is 9.59 Å². The summed E-state index contributed by atoms with van der Waals surface area (Å²) in [5, 5.41) is 9.11. The van der Waals surface area contributed by atoms with Crippen LogP contribution in [0.4, 0.5) is 0 Å². The van der Waals surface area contributed by atoms with Gasteiger partial charge in [-0.25, -0.2) is 4.79 Å². The van der Waals surface area contributed by atoms with Crippen LogP contribution in [0.25, 0.3) is 0 Å². The number of hydrogen-bond acceptors (Lipinski definition) is 3. The van der Waals surface area contributed by atoms with Gasteiger partial charge in [0.15, 0.2) is 0 Å². The number of likely N-dealkylation sites (tertiary alicyclic amines) is 1. The third kappa shape index (κ3) is 3.56. The van der Waals surface area contributed by atoms with Crippen LogP contribution in [0.3, 0.4) is 0 Å².